The van der Waals surface area contributed by atoms with E-state index in [2.05, 4.69) is 10.3 Å². The van der Waals surface area contributed by atoms with E-state index in [1.54, 1.807) is 18.2 Å². The fourth-order valence-corrected chi connectivity index (χ4v) is 1.80. The molecule has 2 N–H and O–H groups in total. The number of ether oxygens (including phenoxy) is 1. The molecule has 0 saturated carbocycles. The van der Waals surface area contributed by atoms with E-state index in [-0.39, 0.29) is 18.0 Å². The molecule has 1 aromatic heterocycles. The molecule has 2 heterocycles. The highest BCUT2D eigenvalue weighted by Gasteiger charge is 2.21. The quantitative estimate of drug-likeness (QED) is 0.541. The molecule has 96 valence electrons. The minimum Gasteiger partial charge on any atom is -0.451 e. The third-order valence-electron chi connectivity index (χ3n) is 2.75. The molecular formula is C12H9N3O4. The molecule has 1 aromatic carbocycles. The molecule has 0 aliphatic carbocycles. The van der Waals surface area contributed by atoms with E-state index < -0.39 is 4.92 Å². The van der Waals surface area contributed by atoms with Crippen molar-refractivity contribution in [2.75, 3.05) is 5.32 Å². The number of hydrogen-bond donors (Lipinski definition) is 2. The van der Waals surface area contributed by atoms with Crippen molar-refractivity contribution in [2.24, 2.45) is 0 Å². The van der Waals surface area contributed by atoms with Crippen LogP contribution in [0.4, 0.5) is 17.2 Å². The van der Waals surface area contributed by atoms with E-state index >= 15 is 0 Å². The Balaban J connectivity index is 2.02. The first-order valence-corrected chi connectivity index (χ1v) is 5.50. The summed E-state index contributed by atoms with van der Waals surface area (Å²) in [5.41, 5.74) is 1.26. The van der Waals surface area contributed by atoms with Crippen molar-refractivity contribution in [3.05, 3.63) is 46.1 Å². The maximum Gasteiger partial charge on any atom is 0.291 e. The zero-order valence-corrected chi connectivity index (χ0v) is 9.66. The van der Waals surface area contributed by atoms with Crippen molar-refractivity contribution in [1.82, 2.24) is 4.98 Å². The van der Waals surface area contributed by atoms with Gasteiger partial charge in [-0.25, -0.2) is 4.98 Å². The van der Waals surface area contributed by atoms with Crippen LogP contribution < -0.4 is 10.1 Å². The normalized spacial score (nSPS) is 11.8. The third-order valence-corrected chi connectivity index (χ3v) is 2.75. The molecule has 0 radical (unpaired) electrons. The first-order valence-electron chi connectivity index (χ1n) is 5.50. The van der Waals surface area contributed by atoms with Gasteiger partial charge in [0.05, 0.1) is 23.3 Å². The molecule has 7 heteroatoms. The number of pyridine rings is 1. The van der Waals surface area contributed by atoms with Gasteiger partial charge < -0.3 is 15.2 Å². The van der Waals surface area contributed by atoms with Gasteiger partial charge in [0.15, 0.2) is 17.3 Å². The molecule has 19 heavy (non-hydrogen) atoms. The fourth-order valence-electron chi connectivity index (χ4n) is 1.80. The van der Waals surface area contributed by atoms with Crippen LogP contribution >= 0.6 is 0 Å². The van der Waals surface area contributed by atoms with E-state index in [1.807, 2.05) is 0 Å². The minimum absolute atomic E-state index is 0.101. The van der Waals surface area contributed by atoms with Gasteiger partial charge in [-0.3, -0.25) is 10.1 Å². The monoisotopic (exact) mass is 259 g/mol. The molecule has 0 amide bonds. The molecule has 0 bridgehead atoms. The van der Waals surface area contributed by atoms with Gasteiger partial charge in [-0.2, -0.15) is 0 Å². The number of aliphatic hydroxyl groups excluding tert-OH is 1. The molecular weight excluding hydrogens is 250 g/mol. The van der Waals surface area contributed by atoms with Crippen molar-refractivity contribution in [3.63, 3.8) is 0 Å². The Morgan fingerprint density at radius 2 is 2.21 bits per heavy atom. The molecule has 7 nitrogen and oxygen atoms in total. The summed E-state index contributed by atoms with van der Waals surface area (Å²) in [4.78, 5) is 14.1. The number of aromatic nitrogens is 1. The predicted octanol–water partition coefficient (Wildman–Crippen LogP) is 2.33. The smallest absolute Gasteiger partial charge is 0.291 e. The standard InChI is InChI=1S/C12H9N3O4/c16-6-7-1-2-9-10(3-7)19-11-4-8(15(17)18)5-13-12(11)14-9/h1-5,16H,6H2,(H,13,14). The van der Waals surface area contributed by atoms with Crippen LogP contribution in [0.3, 0.4) is 0 Å². The number of benzene rings is 1. The predicted molar refractivity (Wildman–Crippen MR) is 66.6 cm³/mol. The van der Waals surface area contributed by atoms with Crippen molar-refractivity contribution in [3.8, 4) is 11.5 Å². The first-order chi connectivity index (χ1) is 9.17. The average Bonchev–Trinajstić information content (AvgIpc) is 2.43. The van der Waals surface area contributed by atoms with E-state index in [9.17, 15) is 10.1 Å². The highest BCUT2D eigenvalue weighted by atomic mass is 16.6. The second-order valence-electron chi connectivity index (χ2n) is 4.01. The van der Waals surface area contributed by atoms with Crippen LogP contribution in [0.5, 0.6) is 11.5 Å². The van der Waals surface area contributed by atoms with Crippen LogP contribution in [0.25, 0.3) is 0 Å². The summed E-state index contributed by atoms with van der Waals surface area (Å²) in [6.07, 6.45) is 1.17. The summed E-state index contributed by atoms with van der Waals surface area (Å²) in [6.45, 7) is -0.101. The van der Waals surface area contributed by atoms with Crippen LogP contribution in [0.2, 0.25) is 0 Å². The zero-order valence-electron chi connectivity index (χ0n) is 9.66. The molecule has 0 fully saturated rings. The molecule has 0 atom stereocenters. The minimum atomic E-state index is -0.531. The summed E-state index contributed by atoms with van der Waals surface area (Å²) in [6, 6.07) is 6.49. The molecule has 1 aliphatic rings. The summed E-state index contributed by atoms with van der Waals surface area (Å²) >= 11 is 0. The maximum absolute atomic E-state index is 10.7. The molecule has 3 rings (SSSR count). The lowest BCUT2D eigenvalue weighted by Crippen LogP contribution is -2.05. The largest absolute Gasteiger partial charge is 0.451 e. The number of nitrogens with zero attached hydrogens (tertiary/aromatic N) is 2. The van der Waals surface area contributed by atoms with Crippen LogP contribution in [0.1, 0.15) is 5.56 Å². The Morgan fingerprint density at radius 1 is 1.37 bits per heavy atom. The van der Waals surface area contributed by atoms with Crippen molar-refractivity contribution < 1.29 is 14.8 Å². The summed E-state index contributed by atoms with van der Waals surface area (Å²) in [5.74, 6) is 1.22. The average molecular weight is 259 g/mol. The molecule has 0 spiro atoms. The summed E-state index contributed by atoms with van der Waals surface area (Å²) in [7, 11) is 0. The van der Waals surface area contributed by atoms with Gasteiger partial charge in [0, 0.05) is 0 Å². The Hall–Kier alpha value is -2.67. The number of fused-ring (bicyclic) bond motifs is 2. The van der Waals surface area contributed by atoms with E-state index in [4.69, 9.17) is 9.84 Å². The Labute approximate surface area is 107 Å². The van der Waals surface area contributed by atoms with Crippen LogP contribution in [0.15, 0.2) is 30.5 Å². The fraction of sp³-hybridized carbons (Fsp3) is 0.0833. The van der Waals surface area contributed by atoms with Crippen LogP contribution in [-0.4, -0.2) is 15.0 Å². The number of nitro groups is 1. The SMILES string of the molecule is O=[N+]([O-])c1cnc2c(c1)Oc1cc(CO)ccc1N2. The third kappa shape index (κ3) is 1.95. The number of hydrogen-bond acceptors (Lipinski definition) is 6. The van der Waals surface area contributed by atoms with Gasteiger partial charge in [0.25, 0.3) is 5.69 Å². The Bertz CT molecular complexity index is 672. The molecule has 2 aromatic rings. The number of nitrogens with one attached hydrogen (secondary N) is 1. The lowest BCUT2D eigenvalue weighted by molar-refractivity contribution is -0.385. The lowest BCUT2D eigenvalue weighted by atomic mass is 10.2. The van der Waals surface area contributed by atoms with Crippen molar-refractivity contribution in [1.29, 1.82) is 0 Å². The molecule has 0 saturated heterocycles. The van der Waals surface area contributed by atoms with E-state index in [1.165, 1.54) is 12.3 Å². The van der Waals surface area contributed by atoms with Gasteiger partial charge in [0.2, 0.25) is 0 Å². The maximum atomic E-state index is 10.7. The van der Waals surface area contributed by atoms with Crippen molar-refractivity contribution >= 4 is 17.2 Å². The highest BCUT2D eigenvalue weighted by Crippen LogP contribution is 2.42. The molecule has 0 unspecified atom stereocenters. The molecule has 1 aliphatic heterocycles. The van der Waals surface area contributed by atoms with Gasteiger partial charge in [0.1, 0.15) is 6.20 Å². The van der Waals surface area contributed by atoms with Gasteiger partial charge >= 0.3 is 0 Å². The second-order valence-corrected chi connectivity index (χ2v) is 4.01. The number of anilines is 2. The van der Waals surface area contributed by atoms with Gasteiger partial charge in [-0.05, 0) is 17.7 Å². The van der Waals surface area contributed by atoms with Gasteiger partial charge in [-0.15, -0.1) is 0 Å². The highest BCUT2D eigenvalue weighted by molar-refractivity contribution is 5.74. The van der Waals surface area contributed by atoms with Crippen LogP contribution in [0, 0.1) is 10.1 Å². The number of aliphatic hydroxyl groups is 1. The first kappa shape index (κ1) is 11.4. The van der Waals surface area contributed by atoms with E-state index in [0.29, 0.717) is 22.8 Å². The van der Waals surface area contributed by atoms with E-state index in [0.717, 1.165) is 0 Å². The zero-order chi connectivity index (χ0) is 13.4. The Morgan fingerprint density at radius 3 is 2.95 bits per heavy atom. The van der Waals surface area contributed by atoms with Crippen molar-refractivity contribution in [2.45, 2.75) is 6.61 Å². The Kier molecular flexibility index (Phi) is 2.53. The summed E-state index contributed by atoms with van der Waals surface area (Å²) < 4.78 is 5.57. The topological polar surface area (TPSA) is 97.5 Å². The lowest BCUT2D eigenvalue weighted by Gasteiger charge is -2.20. The van der Waals surface area contributed by atoms with Gasteiger partial charge in [-0.1, -0.05) is 6.07 Å². The summed E-state index contributed by atoms with van der Waals surface area (Å²) in [5, 5.41) is 22.8. The second kappa shape index (κ2) is 4.21. The number of rotatable bonds is 2. The van der Waals surface area contributed by atoms with Crippen LogP contribution in [-0.2, 0) is 6.61 Å².